The first-order chi connectivity index (χ1) is 69.1. The average molecular weight is 2140 g/mol. The molecule has 11 fully saturated rings. The maximum absolute atomic E-state index is 13.4. The Kier molecular flexibility index (Phi) is 43.8. The van der Waals surface area contributed by atoms with E-state index in [0.717, 1.165) is 27.7 Å². The van der Waals surface area contributed by atoms with Crippen LogP contribution in [0.2, 0.25) is 0 Å². The van der Waals surface area contributed by atoms with Crippen molar-refractivity contribution in [3.05, 3.63) is 0 Å². The van der Waals surface area contributed by atoms with Crippen LogP contribution in [0.4, 0.5) is 0 Å². The zero-order valence-electron chi connectivity index (χ0n) is 79.4. The van der Waals surface area contributed by atoms with E-state index in [2.05, 4.69) is 21.3 Å². The van der Waals surface area contributed by atoms with E-state index in [0.29, 0.717) is 0 Å². The molecule has 0 aromatic heterocycles. The van der Waals surface area contributed by atoms with Gasteiger partial charge in [0, 0.05) is 39.5 Å². The minimum absolute atomic E-state index is 0.264. The summed E-state index contributed by atoms with van der Waals surface area (Å²) in [5, 5.41) is 351. The molecule has 63 nitrogen and oxygen atoms in total. The van der Waals surface area contributed by atoms with Gasteiger partial charge in [-0.1, -0.05) is 13.8 Å². The second-order valence-corrected chi connectivity index (χ2v) is 37.4. The van der Waals surface area contributed by atoms with Gasteiger partial charge in [-0.05, 0) is 6.92 Å². The summed E-state index contributed by atoms with van der Waals surface area (Å²) in [6.45, 7) is -5.61. The van der Waals surface area contributed by atoms with Crippen LogP contribution in [0.5, 0.6) is 0 Å². The van der Waals surface area contributed by atoms with Gasteiger partial charge in [0.05, 0.1) is 122 Å². The number of aliphatic hydroxyl groups is 30. The van der Waals surface area contributed by atoms with E-state index < -0.39 is 458 Å². The second-order valence-electron chi connectivity index (χ2n) is 37.4. The molecule has 844 valence electrons. The molecule has 0 radical (unpaired) electrons. The van der Waals surface area contributed by atoms with Gasteiger partial charge in [-0.2, -0.15) is 0 Å². The van der Waals surface area contributed by atoms with Crippen LogP contribution in [0, 0.1) is 11.8 Å². The van der Waals surface area contributed by atoms with E-state index >= 15 is 0 Å². The smallest absolute Gasteiger partial charge is 0.332 e. The molecule has 11 aliphatic heterocycles. The predicted octanol–water partition coefficient (Wildman–Crippen LogP) is -22.3. The summed E-state index contributed by atoms with van der Waals surface area (Å²) < 4.78 is 137. The fraction of sp³-hybridized carbons (Fsp3) is 0.928. The van der Waals surface area contributed by atoms with Crippen LogP contribution in [0.3, 0.4) is 0 Å². The third-order valence-corrected chi connectivity index (χ3v) is 27.3. The average Bonchev–Trinajstić information content (AvgIpc) is 0.761. The Hall–Kier alpha value is -5.22. The topological polar surface area (TPSA) is 970 Å². The summed E-state index contributed by atoms with van der Waals surface area (Å²) in [6.07, 6.45) is -107. The molecular weight excluding hydrogens is 2000 g/mol. The zero-order chi connectivity index (χ0) is 108. The first kappa shape index (κ1) is 121. The highest BCUT2D eigenvalue weighted by molar-refractivity contribution is 5.74. The Morgan fingerprint density at radius 3 is 0.911 bits per heavy atom. The Labute approximate surface area is 828 Å². The molecule has 11 aliphatic rings. The van der Waals surface area contributed by atoms with Crippen molar-refractivity contribution in [2.45, 2.75) is 398 Å². The molecule has 21 unspecified atom stereocenters. The highest BCUT2D eigenvalue weighted by Gasteiger charge is 2.65. The summed E-state index contributed by atoms with van der Waals surface area (Å²) >= 11 is 0. The van der Waals surface area contributed by atoms with Crippen LogP contribution in [0.15, 0.2) is 0 Å². The lowest BCUT2D eigenvalue weighted by molar-refractivity contribution is -0.449. The van der Waals surface area contributed by atoms with Gasteiger partial charge < -0.3 is 283 Å². The number of nitrogens with one attached hydrogen (secondary N) is 4. The summed E-state index contributed by atoms with van der Waals surface area (Å²) in [5.41, 5.74) is 0. The Morgan fingerprint density at radius 1 is 0.308 bits per heavy atom. The molecule has 0 saturated carbocycles. The lowest BCUT2D eigenvalue weighted by Gasteiger charge is -2.51. The van der Waals surface area contributed by atoms with Crippen LogP contribution in [0.1, 0.15) is 61.3 Å². The fourth-order valence-electron chi connectivity index (χ4n) is 19.3. The van der Waals surface area contributed by atoms with Gasteiger partial charge >= 0.3 is 11.9 Å². The standard InChI is InChI=1S/C83H138N4O59/c1-23-30(104)8-82(125-21-98,143-63(23)47(108)32(106)10-88)145-70-51(112)36(14-92)128-78(61(70)122)138-67-40(18-96)133-75(45(56(67)117)86-28(6)102)141-72-58(119)49(110)34(12-90)130-80(72)124-20-42-53(114)69(60(121)77(135-42)137-66-39(17-95)132-74(44(55(66)116)85-27(5)101)136-65-38(16-94)127-25(3)43(54(65)115)84-26(4)100)140-81-73(59(120)50(111)35(13-91)131-81)142-76-46(87-29(7)103)57(118)68(41(19-97)134-76)139-79-62(123)71(52(113)37(15-93)129-79)146-83(126-22-99)9-31(105)24(2)64(144-83)48(109)33(107)11-89/h21-25,30-81,88-97,104-123H,8-20H2,1-7H3,(H,84,100)(H,85,101)(H,86,102)(H,87,103)/t23-,24-,25+,30-,31-,32-,33-,34?,35?,36?,37?,38?,39?,40+,41?,42?,43?,44?,45?,46?,47+,48+,49-,50-,51+,52+,53-,54-,55-,56?,57-,58+,59?,60?,61?,62?,63?,64?,65-,66-,67-,68-,69+,70+,71+,72?,73?,74+,75+,76+,77+,78+,79+,80+,81-,82+,83+/m1/s1. The molecule has 146 heavy (non-hydrogen) atoms. The van der Waals surface area contributed by atoms with Crippen molar-refractivity contribution in [1.82, 2.24) is 21.3 Å². The molecule has 0 aromatic carbocycles. The summed E-state index contributed by atoms with van der Waals surface area (Å²) in [5.74, 6) is -11.8. The molecule has 0 spiro atoms. The lowest BCUT2D eigenvalue weighted by Crippen LogP contribution is -2.71. The lowest BCUT2D eigenvalue weighted by atomic mass is 9.86. The highest BCUT2D eigenvalue weighted by Crippen LogP contribution is 2.46. The van der Waals surface area contributed by atoms with Crippen LogP contribution in [0.25, 0.3) is 0 Å². The molecule has 11 saturated heterocycles. The minimum atomic E-state index is -2.92. The molecule has 11 heterocycles. The number of ether oxygens (including phenoxy) is 23. The maximum atomic E-state index is 13.4. The van der Waals surface area contributed by atoms with Crippen molar-refractivity contribution in [2.24, 2.45) is 11.8 Å². The van der Waals surface area contributed by atoms with Crippen molar-refractivity contribution in [1.29, 1.82) is 0 Å². The number of amides is 4. The molecule has 11 rings (SSSR count). The summed E-state index contributed by atoms with van der Waals surface area (Å²) in [7, 11) is 0. The van der Waals surface area contributed by atoms with Gasteiger partial charge in [-0.15, -0.1) is 0 Å². The first-order valence-electron chi connectivity index (χ1n) is 46.9. The predicted molar refractivity (Wildman–Crippen MR) is 452 cm³/mol. The molecule has 0 aliphatic carbocycles. The van der Waals surface area contributed by atoms with Gasteiger partial charge in [0.15, 0.2) is 50.3 Å². The van der Waals surface area contributed by atoms with E-state index in [9.17, 15) is 182 Å². The van der Waals surface area contributed by atoms with Crippen LogP contribution < -0.4 is 21.3 Å². The normalized spacial score (nSPS) is 47.5. The maximum Gasteiger partial charge on any atom is 0.332 e. The van der Waals surface area contributed by atoms with E-state index in [1.807, 2.05) is 0 Å². The molecule has 34 N–H and O–H groups in total. The van der Waals surface area contributed by atoms with Crippen LogP contribution in [-0.2, 0) is 138 Å². The van der Waals surface area contributed by atoms with Gasteiger partial charge in [-0.3, -0.25) is 28.8 Å². The third kappa shape index (κ3) is 26.8. The van der Waals surface area contributed by atoms with Gasteiger partial charge in [0.2, 0.25) is 23.6 Å². The van der Waals surface area contributed by atoms with Gasteiger partial charge in [-0.25, -0.2) is 0 Å². The number of carbonyl (C=O) groups is 6. The Balaban J connectivity index is 0.906. The monoisotopic (exact) mass is 2130 g/mol. The third-order valence-electron chi connectivity index (χ3n) is 27.3. The van der Waals surface area contributed by atoms with Gasteiger partial charge in [0.25, 0.3) is 12.9 Å². The van der Waals surface area contributed by atoms with E-state index in [4.69, 9.17) is 109 Å². The van der Waals surface area contributed by atoms with Crippen LogP contribution >= 0.6 is 0 Å². The zero-order valence-corrected chi connectivity index (χ0v) is 79.4. The van der Waals surface area contributed by atoms with E-state index in [1.54, 1.807) is 0 Å². The van der Waals surface area contributed by atoms with Crippen molar-refractivity contribution >= 4 is 36.6 Å². The molecule has 0 aromatic rings. The number of aliphatic hydroxyl groups excluding tert-OH is 30. The SMILES string of the molecule is CC(=O)NC1C(O)[C@H](O[C@@H]2OC(CO)[C@H](O)[C@H](O[C@]3(OC=O)C[C@@H](O)[C@@H](C)C([C@@H](O)[C@H](O)CO)O3)C2O)[C@H](CO)O[C@H]1OC1[C@@H](OCC2O[C@@H](O[C@@H]3C(CO)O[C@@H](O[C@@H]4C(CO)O[C@@H](C)C(NC(C)=O)[C@H]4O)C(NC(C)=O)[C@H]3O)C(O)[C@@H](O[C@H]3OC(CO)[C@@H](O)C(O)C3O[C@@H]3OC(CO)[C@@H](O[C@@H]4OC(CO)[C@H](O)[C@H](O[C@]5(OC=O)C[C@@H](O)[C@@H](C)C([C@@H](O)[C@H](O)CO)O5)C4O)[C@H](O)C3NC(C)=O)[C@@H]2O)OC(CO)[C@@H](O)[C@@H]1O. The van der Waals surface area contributed by atoms with E-state index in [-0.39, 0.29) is 12.9 Å². The number of rotatable bonds is 43. The van der Waals surface area contributed by atoms with Crippen molar-refractivity contribution in [2.75, 3.05) is 72.7 Å². The molecule has 4 amide bonds. The largest absolute Gasteiger partial charge is 0.410 e. The summed E-state index contributed by atoms with van der Waals surface area (Å²) in [4.78, 5) is 76.6. The number of hydrogen-bond donors (Lipinski definition) is 34. The second kappa shape index (κ2) is 52.8. The van der Waals surface area contributed by atoms with Crippen molar-refractivity contribution < 1.29 is 291 Å². The van der Waals surface area contributed by atoms with Crippen molar-refractivity contribution in [3.63, 3.8) is 0 Å². The first-order valence-corrected chi connectivity index (χ1v) is 46.9. The van der Waals surface area contributed by atoms with Gasteiger partial charge in [0.1, 0.15) is 238 Å². The molecule has 0 bridgehead atoms. The minimum Gasteiger partial charge on any atom is -0.410 e. The van der Waals surface area contributed by atoms with E-state index in [1.165, 1.54) is 20.8 Å². The fourth-order valence-corrected chi connectivity index (χ4v) is 19.3. The quantitative estimate of drug-likeness (QED) is 0.0199. The molecular formula is C83H138N4O59. The number of carbonyl (C=O) groups excluding carboxylic acids is 6. The van der Waals surface area contributed by atoms with Crippen molar-refractivity contribution in [3.8, 4) is 0 Å². The molecule has 63 heteroatoms. The summed E-state index contributed by atoms with van der Waals surface area (Å²) in [6, 6.07) is -7.43. The van der Waals surface area contributed by atoms with Crippen LogP contribution in [-0.4, -0.2) is 599 Å². The highest BCUT2D eigenvalue weighted by atomic mass is 16.9. The Morgan fingerprint density at radius 2 is 0.575 bits per heavy atom. The molecule has 57 atom stereocenters. The Bertz CT molecular complexity index is 4070. The number of hydrogen-bond acceptors (Lipinski definition) is 59.